The minimum Gasteiger partial charge on any atom is -0.350 e. The smallest absolute Gasteiger partial charge is 0.226 e. The third-order valence-corrected chi connectivity index (χ3v) is 6.84. The number of rotatable bonds is 6. The second kappa shape index (κ2) is 8.45. The Hall–Kier alpha value is -3.29. The lowest BCUT2D eigenvalue weighted by Gasteiger charge is -2.03. The average molecular weight is 445 g/mol. The molecule has 0 aliphatic carbocycles. The van der Waals surface area contributed by atoms with Gasteiger partial charge in [-0.2, -0.15) is 0 Å². The number of nitrogens with one attached hydrogen (secondary N) is 1. The fraction of sp³-hybridized carbons (Fsp3) is 0.125. The van der Waals surface area contributed by atoms with Gasteiger partial charge >= 0.3 is 0 Å². The van der Waals surface area contributed by atoms with Crippen LogP contribution in [0.5, 0.6) is 0 Å². The number of imidazole rings is 1. The van der Waals surface area contributed by atoms with E-state index >= 15 is 0 Å². The molecule has 0 saturated carbocycles. The number of carbonyl (C=O) groups is 1. The van der Waals surface area contributed by atoms with E-state index in [9.17, 15) is 4.79 Å². The molecule has 0 spiro atoms. The lowest BCUT2D eigenvalue weighted by molar-refractivity contribution is -0.120. The molecule has 0 bridgehead atoms. The van der Waals surface area contributed by atoms with Crippen LogP contribution in [0, 0.1) is 6.92 Å². The van der Waals surface area contributed by atoms with Gasteiger partial charge in [0, 0.05) is 33.8 Å². The van der Waals surface area contributed by atoms with Crippen molar-refractivity contribution < 1.29 is 4.79 Å². The van der Waals surface area contributed by atoms with Gasteiger partial charge in [-0.3, -0.25) is 9.20 Å². The van der Waals surface area contributed by atoms with Crippen molar-refractivity contribution in [3.8, 4) is 21.8 Å². The summed E-state index contributed by atoms with van der Waals surface area (Å²) in [5, 5.41) is 7.94. The highest BCUT2D eigenvalue weighted by molar-refractivity contribution is 7.15. The molecule has 31 heavy (non-hydrogen) atoms. The number of thiazole rings is 2. The number of amides is 1. The highest BCUT2D eigenvalue weighted by Gasteiger charge is 2.13. The molecule has 5 nitrogen and oxygen atoms in total. The highest BCUT2D eigenvalue weighted by atomic mass is 32.1. The van der Waals surface area contributed by atoms with Gasteiger partial charge in [-0.1, -0.05) is 60.2 Å². The summed E-state index contributed by atoms with van der Waals surface area (Å²) in [5.41, 5.74) is 6.12. The Labute approximate surface area is 188 Å². The second-order valence-electron chi connectivity index (χ2n) is 7.34. The third kappa shape index (κ3) is 4.28. The van der Waals surface area contributed by atoms with Crippen LogP contribution in [0.3, 0.4) is 0 Å². The fourth-order valence-electron chi connectivity index (χ4n) is 3.34. The van der Waals surface area contributed by atoms with E-state index in [0.717, 1.165) is 38.2 Å². The van der Waals surface area contributed by atoms with Crippen molar-refractivity contribution in [2.75, 3.05) is 0 Å². The Bertz CT molecular complexity index is 1330. The zero-order valence-corrected chi connectivity index (χ0v) is 18.5. The molecule has 0 radical (unpaired) electrons. The van der Waals surface area contributed by atoms with Gasteiger partial charge in [-0.05, 0) is 6.92 Å². The second-order valence-corrected chi connectivity index (χ2v) is 9.03. The lowest BCUT2D eigenvalue weighted by atomic mass is 10.1. The molecule has 0 fully saturated rings. The molecular formula is C24H20N4OS2. The van der Waals surface area contributed by atoms with Crippen molar-refractivity contribution in [3.63, 3.8) is 0 Å². The number of aryl methyl sites for hydroxylation is 1. The van der Waals surface area contributed by atoms with E-state index in [2.05, 4.69) is 41.5 Å². The molecule has 1 amide bonds. The predicted molar refractivity (Wildman–Crippen MR) is 126 cm³/mol. The molecule has 3 heterocycles. The number of benzene rings is 2. The average Bonchev–Trinajstić information content (AvgIpc) is 3.51. The molecule has 5 aromatic rings. The molecule has 7 heteroatoms. The van der Waals surface area contributed by atoms with Gasteiger partial charge < -0.3 is 5.32 Å². The summed E-state index contributed by atoms with van der Waals surface area (Å²) in [6.45, 7) is 2.49. The minimum atomic E-state index is -0.0282. The van der Waals surface area contributed by atoms with E-state index < -0.39 is 0 Å². The molecule has 0 aliphatic heterocycles. The minimum absolute atomic E-state index is 0.0282. The molecule has 0 saturated heterocycles. The summed E-state index contributed by atoms with van der Waals surface area (Å²) in [5.74, 6) is -0.0282. The first-order valence-electron chi connectivity index (χ1n) is 9.95. The molecule has 154 valence electrons. The van der Waals surface area contributed by atoms with Crippen molar-refractivity contribution in [3.05, 3.63) is 88.5 Å². The zero-order valence-electron chi connectivity index (χ0n) is 16.9. The van der Waals surface area contributed by atoms with Crippen LogP contribution >= 0.6 is 22.7 Å². The van der Waals surface area contributed by atoms with E-state index in [0.29, 0.717) is 13.0 Å². The van der Waals surface area contributed by atoms with Crippen molar-refractivity contribution in [2.45, 2.75) is 19.9 Å². The Morgan fingerprint density at radius 1 is 0.968 bits per heavy atom. The highest BCUT2D eigenvalue weighted by Crippen LogP contribution is 2.25. The molecule has 0 atom stereocenters. The van der Waals surface area contributed by atoms with Crippen molar-refractivity contribution in [1.29, 1.82) is 0 Å². The van der Waals surface area contributed by atoms with Crippen LogP contribution in [-0.2, 0) is 17.8 Å². The maximum absolute atomic E-state index is 12.6. The molecule has 5 rings (SSSR count). The van der Waals surface area contributed by atoms with E-state index in [4.69, 9.17) is 4.98 Å². The van der Waals surface area contributed by atoms with Crippen LogP contribution in [0.15, 0.2) is 71.6 Å². The third-order valence-electron chi connectivity index (χ3n) is 5.01. The quantitative estimate of drug-likeness (QED) is 0.384. The topological polar surface area (TPSA) is 59.3 Å². The number of carbonyl (C=O) groups excluding carboxylic acids is 1. The van der Waals surface area contributed by atoms with Gasteiger partial charge in [-0.25, -0.2) is 9.97 Å². The van der Waals surface area contributed by atoms with Crippen molar-refractivity contribution >= 4 is 33.5 Å². The Morgan fingerprint density at radius 2 is 1.77 bits per heavy atom. The Balaban J connectivity index is 1.24. The van der Waals surface area contributed by atoms with Gasteiger partial charge in [0.1, 0.15) is 5.01 Å². The SMILES string of the molecule is Cc1ccc(-c2cn3c(CC(=O)NCc4csc(-c5ccccc5)n4)csc3n2)cc1. The number of hydrogen-bond donors (Lipinski definition) is 1. The van der Waals surface area contributed by atoms with E-state index in [1.54, 1.807) is 22.7 Å². The van der Waals surface area contributed by atoms with Gasteiger partial charge in [0.2, 0.25) is 5.91 Å². The summed E-state index contributed by atoms with van der Waals surface area (Å²) in [7, 11) is 0. The maximum Gasteiger partial charge on any atom is 0.226 e. The summed E-state index contributed by atoms with van der Waals surface area (Å²) in [4.78, 5) is 22.8. The first kappa shape index (κ1) is 19.7. The first-order valence-corrected chi connectivity index (χ1v) is 11.7. The van der Waals surface area contributed by atoms with Crippen molar-refractivity contribution in [2.24, 2.45) is 0 Å². The largest absolute Gasteiger partial charge is 0.350 e. The van der Waals surface area contributed by atoms with E-state index in [1.807, 2.05) is 51.7 Å². The van der Waals surface area contributed by atoms with Gasteiger partial charge in [0.25, 0.3) is 0 Å². The summed E-state index contributed by atoms with van der Waals surface area (Å²) < 4.78 is 2.01. The van der Waals surface area contributed by atoms with Gasteiger partial charge in [-0.15, -0.1) is 22.7 Å². The number of fused-ring (bicyclic) bond motifs is 1. The molecule has 0 unspecified atom stereocenters. The fourth-order valence-corrected chi connectivity index (χ4v) is 5.04. The number of hydrogen-bond acceptors (Lipinski definition) is 5. The van der Waals surface area contributed by atoms with E-state index in [-0.39, 0.29) is 5.91 Å². The molecule has 0 aliphatic rings. The Morgan fingerprint density at radius 3 is 2.58 bits per heavy atom. The van der Waals surface area contributed by atoms with Crippen LogP contribution < -0.4 is 5.32 Å². The standard InChI is InChI=1S/C24H20N4OS2/c1-16-7-9-17(10-8-16)21-13-28-20(15-31-24(28)27-21)11-22(29)25-12-19-14-30-23(26-19)18-5-3-2-4-6-18/h2-10,13-15H,11-12H2,1H3,(H,25,29). The normalized spacial score (nSPS) is 11.1. The van der Waals surface area contributed by atoms with Crippen LogP contribution in [0.25, 0.3) is 26.8 Å². The maximum atomic E-state index is 12.6. The number of aromatic nitrogens is 3. The van der Waals surface area contributed by atoms with Crippen LogP contribution in [0.4, 0.5) is 0 Å². The lowest BCUT2D eigenvalue weighted by Crippen LogP contribution is -2.25. The van der Waals surface area contributed by atoms with Gasteiger partial charge in [0.05, 0.1) is 24.4 Å². The van der Waals surface area contributed by atoms with Crippen LogP contribution in [0.1, 0.15) is 17.0 Å². The summed E-state index contributed by atoms with van der Waals surface area (Å²) >= 11 is 3.14. The van der Waals surface area contributed by atoms with Crippen molar-refractivity contribution in [1.82, 2.24) is 19.7 Å². The zero-order chi connectivity index (χ0) is 21.2. The Kier molecular flexibility index (Phi) is 5.36. The molecular weight excluding hydrogens is 424 g/mol. The van der Waals surface area contributed by atoms with Crippen LogP contribution in [-0.4, -0.2) is 20.3 Å². The van der Waals surface area contributed by atoms with Gasteiger partial charge in [0.15, 0.2) is 4.96 Å². The summed E-state index contributed by atoms with van der Waals surface area (Å²) in [6.07, 6.45) is 2.31. The predicted octanol–water partition coefficient (Wildman–Crippen LogP) is 5.35. The monoisotopic (exact) mass is 444 g/mol. The number of nitrogens with zero attached hydrogens (tertiary/aromatic N) is 3. The van der Waals surface area contributed by atoms with Crippen LogP contribution in [0.2, 0.25) is 0 Å². The van der Waals surface area contributed by atoms with E-state index in [1.165, 1.54) is 5.56 Å². The molecule has 1 N–H and O–H groups in total. The molecule has 3 aromatic heterocycles. The summed E-state index contributed by atoms with van der Waals surface area (Å²) in [6, 6.07) is 18.4. The molecule has 2 aromatic carbocycles. The first-order chi connectivity index (χ1) is 15.2.